The van der Waals surface area contributed by atoms with Crippen molar-refractivity contribution in [1.29, 1.82) is 0 Å². The third-order valence-electron chi connectivity index (χ3n) is 2.40. The molecule has 0 saturated heterocycles. The first-order valence-corrected chi connectivity index (χ1v) is 4.91. The minimum Gasteiger partial charge on any atom is -0.479 e. The van der Waals surface area contributed by atoms with Gasteiger partial charge < -0.3 is 4.74 Å². The van der Waals surface area contributed by atoms with E-state index >= 15 is 0 Å². The molecule has 0 aliphatic rings. The fourth-order valence-corrected chi connectivity index (χ4v) is 1.61. The maximum absolute atomic E-state index is 5.25. The predicted octanol–water partition coefficient (Wildman–Crippen LogP) is 2.04. The van der Waals surface area contributed by atoms with Crippen LogP contribution in [0, 0.1) is 0 Å². The van der Waals surface area contributed by atoms with Gasteiger partial charge in [0.05, 0.1) is 13.3 Å². The summed E-state index contributed by atoms with van der Waals surface area (Å²) in [6.45, 7) is 6.45. The summed E-state index contributed by atoms with van der Waals surface area (Å²) in [7, 11) is 1.63. The van der Waals surface area contributed by atoms with E-state index in [4.69, 9.17) is 4.74 Å². The lowest BCUT2D eigenvalue weighted by Crippen LogP contribution is -2.11. The zero-order valence-corrected chi connectivity index (χ0v) is 9.48. The quantitative estimate of drug-likeness (QED) is 0.715. The molecular formula is C11H15N3O. The lowest BCUT2D eigenvalue weighted by atomic mass is 9.88. The second-order valence-corrected chi connectivity index (χ2v) is 4.54. The molecule has 2 aromatic rings. The highest BCUT2D eigenvalue weighted by Crippen LogP contribution is 2.30. The molecule has 80 valence electrons. The fourth-order valence-electron chi connectivity index (χ4n) is 1.61. The molecule has 0 radical (unpaired) electrons. The molecule has 2 aromatic heterocycles. The van der Waals surface area contributed by atoms with E-state index in [0.717, 1.165) is 11.1 Å². The summed E-state index contributed by atoms with van der Waals surface area (Å²) < 4.78 is 7.05. The molecule has 0 unspecified atom stereocenters. The molecule has 0 spiro atoms. The van der Waals surface area contributed by atoms with Gasteiger partial charge in [0.15, 0.2) is 0 Å². The molecular weight excluding hydrogens is 190 g/mol. The van der Waals surface area contributed by atoms with Crippen LogP contribution in [0.5, 0.6) is 5.88 Å². The van der Waals surface area contributed by atoms with Crippen LogP contribution in [0.1, 0.15) is 26.3 Å². The van der Waals surface area contributed by atoms with E-state index in [1.807, 2.05) is 12.4 Å². The number of hydrogen-bond donors (Lipinski definition) is 0. The molecule has 0 aliphatic heterocycles. The summed E-state index contributed by atoms with van der Waals surface area (Å²) in [5, 5.41) is 4.29. The highest BCUT2D eigenvalue weighted by atomic mass is 16.5. The lowest BCUT2D eigenvalue weighted by Gasteiger charge is -2.17. The summed E-state index contributed by atoms with van der Waals surface area (Å²) in [5.41, 5.74) is 2.14. The molecule has 0 aromatic carbocycles. The van der Waals surface area contributed by atoms with Crippen molar-refractivity contribution < 1.29 is 4.74 Å². The average molecular weight is 205 g/mol. The molecule has 15 heavy (non-hydrogen) atoms. The van der Waals surface area contributed by atoms with E-state index in [1.165, 1.54) is 0 Å². The molecule has 4 nitrogen and oxygen atoms in total. The Morgan fingerprint density at radius 2 is 2.07 bits per heavy atom. The Labute approximate surface area is 88.9 Å². The number of ether oxygens (including phenoxy) is 1. The van der Waals surface area contributed by atoms with Crippen LogP contribution in [0.4, 0.5) is 0 Å². The Balaban J connectivity index is 2.77. The Morgan fingerprint density at radius 1 is 1.33 bits per heavy atom. The van der Waals surface area contributed by atoms with Gasteiger partial charge in [0.1, 0.15) is 5.52 Å². The van der Waals surface area contributed by atoms with Crippen molar-refractivity contribution in [2.45, 2.75) is 26.2 Å². The minimum absolute atomic E-state index is 0.0397. The molecule has 0 saturated carbocycles. The van der Waals surface area contributed by atoms with Crippen LogP contribution in [-0.2, 0) is 5.41 Å². The van der Waals surface area contributed by atoms with Crippen LogP contribution in [0.25, 0.3) is 5.52 Å². The normalized spacial score (nSPS) is 12.0. The lowest BCUT2D eigenvalue weighted by molar-refractivity contribution is 0.399. The van der Waals surface area contributed by atoms with E-state index in [1.54, 1.807) is 17.8 Å². The molecule has 2 heterocycles. The second kappa shape index (κ2) is 3.22. The second-order valence-electron chi connectivity index (χ2n) is 4.54. The van der Waals surface area contributed by atoms with Crippen molar-refractivity contribution in [3.63, 3.8) is 0 Å². The fraction of sp³-hybridized carbons (Fsp3) is 0.455. The molecule has 0 bridgehead atoms. The first-order valence-electron chi connectivity index (χ1n) is 4.91. The molecule has 0 fully saturated rings. The van der Waals surface area contributed by atoms with Gasteiger partial charge in [0, 0.05) is 18.0 Å². The third-order valence-corrected chi connectivity index (χ3v) is 2.40. The van der Waals surface area contributed by atoms with Gasteiger partial charge in [-0.3, -0.25) is 0 Å². The number of fused-ring (bicyclic) bond motifs is 1. The van der Waals surface area contributed by atoms with Crippen LogP contribution in [0.3, 0.4) is 0 Å². The predicted molar refractivity (Wildman–Crippen MR) is 58.2 cm³/mol. The smallest absolute Gasteiger partial charge is 0.240 e. The van der Waals surface area contributed by atoms with E-state index in [2.05, 4.69) is 30.9 Å². The van der Waals surface area contributed by atoms with Crippen molar-refractivity contribution in [1.82, 2.24) is 14.6 Å². The van der Waals surface area contributed by atoms with E-state index < -0.39 is 0 Å². The van der Waals surface area contributed by atoms with Crippen LogP contribution >= 0.6 is 0 Å². The topological polar surface area (TPSA) is 39.4 Å². The number of rotatable bonds is 1. The maximum Gasteiger partial charge on any atom is 0.240 e. The van der Waals surface area contributed by atoms with Crippen LogP contribution in [0.2, 0.25) is 0 Å². The zero-order chi connectivity index (χ0) is 11.1. The number of methoxy groups -OCH3 is 1. The van der Waals surface area contributed by atoms with E-state index in [-0.39, 0.29) is 5.41 Å². The van der Waals surface area contributed by atoms with Gasteiger partial charge in [-0.15, -0.1) is 0 Å². The van der Waals surface area contributed by atoms with Crippen molar-refractivity contribution in [2.75, 3.05) is 7.11 Å². The molecule has 0 amide bonds. The minimum atomic E-state index is 0.0397. The zero-order valence-electron chi connectivity index (χ0n) is 9.48. The van der Waals surface area contributed by atoms with Crippen molar-refractivity contribution in [3.05, 3.63) is 24.2 Å². The van der Waals surface area contributed by atoms with Crippen LogP contribution in [0.15, 0.2) is 18.6 Å². The Morgan fingerprint density at radius 3 is 2.67 bits per heavy atom. The number of nitrogens with zero attached hydrogens (tertiary/aromatic N) is 3. The average Bonchev–Trinajstić information content (AvgIpc) is 2.59. The Hall–Kier alpha value is -1.58. The highest BCUT2D eigenvalue weighted by Gasteiger charge is 2.21. The van der Waals surface area contributed by atoms with Gasteiger partial charge in [-0.25, -0.2) is 9.50 Å². The van der Waals surface area contributed by atoms with Gasteiger partial charge in [0.2, 0.25) is 5.88 Å². The van der Waals surface area contributed by atoms with E-state index in [0.29, 0.717) is 5.88 Å². The maximum atomic E-state index is 5.25. The summed E-state index contributed by atoms with van der Waals surface area (Å²) in [6.07, 6.45) is 5.39. The molecule has 0 atom stereocenters. The summed E-state index contributed by atoms with van der Waals surface area (Å²) in [5.74, 6) is 0.625. The number of hydrogen-bond acceptors (Lipinski definition) is 3. The summed E-state index contributed by atoms with van der Waals surface area (Å²) in [4.78, 5) is 4.19. The van der Waals surface area contributed by atoms with Crippen LogP contribution < -0.4 is 4.74 Å². The Bertz CT molecular complexity index is 482. The van der Waals surface area contributed by atoms with Gasteiger partial charge in [0.25, 0.3) is 0 Å². The largest absolute Gasteiger partial charge is 0.479 e. The summed E-state index contributed by atoms with van der Waals surface area (Å²) >= 11 is 0. The van der Waals surface area contributed by atoms with Gasteiger partial charge in [-0.2, -0.15) is 5.10 Å². The first kappa shape index (κ1) is 9.96. The first-order chi connectivity index (χ1) is 7.04. The third kappa shape index (κ3) is 1.56. The van der Waals surface area contributed by atoms with Gasteiger partial charge in [-0.05, 0) is 5.41 Å². The summed E-state index contributed by atoms with van der Waals surface area (Å²) in [6, 6.07) is 0. The molecule has 0 N–H and O–H groups in total. The van der Waals surface area contributed by atoms with Gasteiger partial charge in [-0.1, -0.05) is 20.8 Å². The molecule has 4 heteroatoms. The molecule has 0 aliphatic carbocycles. The van der Waals surface area contributed by atoms with E-state index in [9.17, 15) is 0 Å². The van der Waals surface area contributed by atoms with Crippen molar-refractivity contribution in [2.24, 2.45) is 0 Å². The molecule has 2 rings (SSSR count). The van der Waals surface area contributed by atoms with Crippen molar-refractivity contribution >= 4 is 5.52 Å². The monoisotopic (exact) mass is 205 g/mol. The highest BCUT2D eigenvalue weighted by molar-refractivity contribution is 5.63. The SMILES string of the molecule is COc1nccn2ncc(C(C)(C)C)c12. The Kier molecular flexibility index (Phi) is 2.14. The number of aromatic nitrogens is 3. The standard InChI is InChI=1S/C11H15N3O/c1-11(2,3)8-7-13-14-6-5-12-10(15-4)9(8)14/h5-7H,1-4H3. The van der Waals surface area contributed by atoms with Crippen LogP contribution in [-0.4, -0.2) is 21.7 Å². The van der Waals surface area contributed by atoms with Gasteiger partial charge >= 0.3 is 0 Å². The van der Waals surface area contributed by atoms with Crippen molar-refractivity contribution in [3.8, 4) is 5.88 Å².